The van der Waals surface area contributed by atoms with Gasteiger partial charge in [-0.1, -0.05) is 47.5 Å². The number of carbonyl (C=O) groups excluding carboxylic acids is 1. The van der Waals surface area contributed by atoms with Gasteiger partial charge in [0.1, 0.15) is 5.54 Å². The van der Waals surface area contributed by atoms with E-state index < -0.39 is 38.2 Å². The average molecular weight is 521 g/mol. The number of hydrogen-bond acceptors (Lipinski definition) is 5. The molecule has 4 rings (SSSR count). The fraction of sp³-hybridized carbons (Fsp3) is 0.440. The van der Waals surface area contributed by atoms with E-state index in [1.165, 1.54) is 12.1 Å². The molecular weight excluding hydrogens is 495 g/mol. The van der Waals surface area contributed by atoms with Gasteiger partial charge in [0.15, 0.2) is 9.84 Å². The van der Waals surface area contributed by atoms with Crippen LogP contribution in [0.5, 0.6) is 0 Å². The molecule has 9 heteroatoms. The average Bonchev–Trinajstić information content (AvgIpc) is 3.43. The number of nitrogens with one attached hydrogen (secondary N) is 1. The van der Waals surface area contributed by atoms with Crippen molar-refractivity contribution in [1.29, 1.82) is 5.26 Å². The van der Waals surface area contributed by atoms with E-state index >= 15 is 0 Å². The highest BCUT2D eigenvalue weighted by Crippen LogP contribution is 2.42. The van der Waals surface area contributed by atoms with E-state index in [0.717, 1.165) is 5.56 Å². The van der Waals surface area contributed by atoms with Crippen molar-refractivity contribution in [1.82, 2.24) is 5.32 Å². The predicted molar refractivity (Wildman–Crippen MR) is 130 cm³/mol. The Bertz CT molecular complexity index is 1230. The molecule has 2 aliphatic carbocycles. The normalized spacial score (nSPS) is 23.8. The van der Waals surface area contributed by atoms with Gasteiger partial charge < -0.3 is 10.1 Å². The van der Waals surface area contributed by atoms with Gasteiger partial charge in [-0.15, -0.1) is 0 Å². The molecule has 3 unspecified atom stereocenters. The summed E-state index contributed by atoms with van der Waals surface area (Å²) < 4.78 is 33.3. The first-order valence-electron chi connectivity index (χ1n) is 11.1. The molecular formula is C25H26Cl2N2O4S. The third-order valence-electron chi connectivity index (χ3n) is 6.69. The topological polar surface area (TPSA) is 96.3 Å². The quantitative estimate of drug-likeness (QED) is 0.551. The highest BCUT2D eigenvalue weighted by Gasteiger charge is 2.51. The SMILES string of the molecule is CC(C)(OC1CC(S(=O)(=O)c2ccccc2Cl)CC1C(=O)NC1(C#N)CC1)c1ccc(Cl)cc1. The van der Waals surface area contributed by atoms with Crippen LogP contribution in [-0.4, -0.2) is 31.2 Å². The summed E-state index contributed by atoms with van der Waals surface area (Å²) in [5.41, 5.74) is -0.805. The van der Waals surface area contributed by atoms with Crippen molar-refractivity contribution >= 4 is 38.9 Å². The van der Waals surface area contributed by atoms with Gasteiger partial charge in [-0.25, -0.2) is 8.42 Å². The van der Waals surface area contributed by atoms with Gasteiger partial charge in [0.25, 0.3) is 0 Å². The third kappa shape index (κ3) is 4.96. The lowest BCUT2D eigenvalue weighted by atomic mass is 9.96. The predicted octanol–water partition coefficient (Wildman–Crippen LogP) is 5.04. The maximum absolute atomic E-state index is 13.5. The van der Waals surface area contributed by atoms with Crippen molar-refractivity contribution in [3.8, 4) is 6.07 Å². The Hall–Kier alpha value is -2.11. The summed E-state index contributed by atoms with van der Waals surface area (Å²) in [6.45, 7) is 3.75. The van der Waals surface area contributed by atoms with Gasteiger partial charge in [0, 0.05) is 5.02 Å². The summed E-state index contributed by atoms with van der Waals surface area (Å²) in [5.74, 6) is -1.08. The summed E-state index contributed by atoms with van der Waals surface area (Å²) in [4.78, 5) is 13.3. The van der Waals surface area contributed by atoms with E-state index in [4.69, 9.17) is 27.9 Å². The Morgan fingerprint density at radius 1 is 1.12 bits per heavy atom. The summed E-state index contributed by atoms with van der Waals surface area (Å²) in [7, 11) is -3.80. The molecule has 0 radical (unpaired) electrons. The second-order valence-corrected chi connectivity index (χ2v) is 12.6. The minimum Gasteiger partial charge on any atom is -0.367 e. The molecule has 2 saturated carbocycles. The first-order valence-corrected chi connectivity index (χ1v) is 13.4. The van der Waals surface area contributed by atoms with Gasteiger partial charge in [0.05, 0.1) is 38.9 Å². The van der Waals surface area contributed by atoms with Crippen molar-refractivity contribution < 1.29 is 17.9 Å². The van der Waals surface area contributed by atoms with Crippen LogP contribution in [0.25, 0.3) is 0 Å². The summed E-state index contributed by atoms with van der Waals surface area (Å²) >= 11 is 12.2. The largest absolute Gasteiger partial charge is 0.367 e. The van der Waals surface area contributed by atoms with Gasteiger partial charge in [0.2, 0.25) is 5.91 Å². The zero-order valence-electron chi connectivity index (χ0n) is 18.9. The van der Waals surface area contributed by atoms with E-state index in [0.29, 0.717) is 17.9 Å². The van der Waals surface area contributed by atoms with Crippen molar-refractivity contribution in [2.24, 2.45) is 5.92 Å². The van der Waals surface area contributed by atoms with Crippen LogP contribution in [0.3, 0.4) is 0 Å². The van der Waals surface area contributed by atoms with Crippen LogP contribution in [0.15, 0.2) is 53.4 Å². The van der Waals surface area contributed by atoms with Crippen molar-refractivity contribution in [3.63, 3.8) is 0 Å². The lowest BCUT2D eigenvalue weighted by molar-refractivity contribution is -0.137. The second-order valence-electron chi connectivity index (χ2n) is 9.53. The number of ether oxygens (including phenoxy) is 1. The van der Waals surface area contributed by atoms with Crippen LogP contribution >= 0.6 is 23.2 Å². The van der Waals surface area contributed by atoms with Crippen LogP contribution in [0.4, 0.5) is 0 Å². The van der Waals surface area contributed by atoms with E-state index in [9.17, 15) is 18.5 Å². The Balaban J connectivity index is 1.63. The first-order chi connectivity index (χ1) is 16.0. The number of nitriles is 1. The molecule has 2 aromatic rings. The maximum atomic E-state index is 13.5. The molecule has 0 spiro atoms. The van der Waals surface area contributed by atoms with E-state index in [-0.39, 0.29) is 28.7 Å². The lowest BCUT2D eigenvalue weighted by Gasteiger charge is -2.32. The number of nitrogens with zero attached hydrogens (tertiary/aromatic N) is 1. The molecule has 3 atom stereocenters. The number of sulfone groups is 1. The Labute approximate surface area is 210 Å². The van der Waals surface area contributed by atoms with Crippen molar-refractivity contribution in [2.45, 2.75) is 66.9 Å². The Morgan fingerprint density at radius 2 is 1.76 bits per heavy atom. The lowest BCUT2D eigenvalue weighted by Crippen LogP contribution is -2.44. The highest BCUT2D eigenvalue weighted by molar-refractivity contribution is 7.92. The summed E-state index contributed by atoms with van der Waals surface area (Å²) in [6.07, 6.45) is 0.739. The van der Waals surface area contributed by atoms with Crippen LogP contribution < -0.4 is 5.32 Å². The molecule has 0 aliphatic heterocycles. The number of halogens is 2. The maximum Gasteiger partial charge on any atom is 0.227 e. The van der Waals surface area contributed by atoms with Crippen LogP contribution in [0.2, 0.25) is 10.0 Å². The minimum atomic E-state index is -3.80. The smallest absolute Gasteiger partial charge is 0.227 e. The molecule has 0 heterocycles. The molecule has 34 heavy (non-hydrogen) atoms. The molecule has 0 aromatic heterocycles. The van der Waals surface area contributed by atoms with Gasteiger partial charge in [-0.2, -0.15) is 5.26 Å². The molecule has 2 aromatic carbocycles. The van der Waals surface area contributed by atoms with E-state index in [2.05, 4.69) is 11.4 Å². The van der Waals surface area contributed by atoms with E-state index in [1.807, 2.05) is 26.0 Å². The third-order valence-corrected chi connectivity index (χ3v) is 9.62. The van der Waals surface area contributed by atoms with Crippen molar-refractivity contribution in [2.75, 3.05) is 0 Å². The van der Waals surface area contributed by atoms with Gasteiger partial charge in [-0.05, 0) is 69.4 Å². The molecule has 2 fully saturated rings. The Morgan fingerprint density at radius 3 is 2.35 bits per heavy atom. The molecule has 1 amide bonds. The highest BCUT2D eigenvalue weighted by atomic mass is 35.5. The molecule has 1 N–H and O–H groups in total. The number of carbonyl (C=O) groups is 1. The number of benzene rings is 2. The second kappa shape index (κ2) is 9.16. The minimum absolute atomic E-state index is 0.0501. The molecule has 0 saturated heterocycles. The molecule has 180 valence electrons. The van der Waals surface area contributed by atoms with Gasteiger partial charge in [-0.3, -0.25) is 4.79 Å². The number of rotatable bonds is 7. The van der Waals surface area contributed by atoms with Crippen molar-refractivity contribution in [3.05, 3.63) is 64.1 Å². The fourth-order valence-electron chi connectivity index (χ4n) is 4.49. The van der Waals surface area contributed by atoms with Crippen LogP contribution in [-0.2, 0) is 25.0 Å². The molecule has 6 nitrogen and oxygen atoms in total. The summed E-state index contributed by atoms with van der Waals surface area (Å²) in [6, 6.07) is 15.7. The van der Waals surface area contributed by atoms with Gasteiger partial charge >= 0.3 is 0 Å². The number of amides is 1. The first kappa shape index (κ1) is 25.0. The van der Waals surface area contributed by atoms with Crippen LogP contribution in [0, 0.1) is 17.2 Å². The monoisotopic (exact) mass is 520 g/mol. The Kier molecular flexibility index (Phi) is 6.73. The molecule has 0 bridgehead atoms. The van der Waals surface area contributed by atoms with Crippen LogP contribution in [0.1, 0.15) is 45.1 Å². The molecule has 2 aliphatic rings. The standard InChI is InChI=1S/C25H26Cl2N2O4S/c1-24(2,16-7-9-17(26)10-8-16)33-21-14-18(34(31,32)22-6-4-3-5-20(22)27)13-19(21)23(30)29-25(15-28)11-12-25/h3-10,18-19,21H,11-14H2,1-2H3,(H,29,30). The zero-order valence-corrected chi connectivity index (χ0v) is 21.3. The fourth-order valence-corrected chi connectivity index (χ4v) is 6.94. The zero-order chi connectivity index (χ0) is 24.7. The van der Waals surface area contributed by atoms with E-state index in [1.54, 1.807) is 24.3 Å². The summed E-state index contributed by atoms with van der Waals surface area (Å²) in [5, 5.41) is 12.1. The number of hydrogen-bond donors (Lipinski definition) is 1.